The van der Waals surface area contributed by atoms with Crippen molar-refractivity contribution >= 4 is 17.1 Å². The molecular weight excluding hydrogens is 210 g/mol. The van der Waals surface area contributed by atoms with Crippen molar-refractivity contribution in [3.05, 3.63) is 46.3 Å². The van der Waals surface area contributed by atoms with Gasteiger partial charge in [-0.2, -0.15) is 0 Å². The molecule has 0 N–H and O–H groups in total. The zero-order valence-corrected chi connectivity index (χ0v) is 8.95. The number of thiophene rings is 1. The Hall–Kier alpha value is -1.68. The molecule has 2 rings (SSSR count). The van der Waals surface area contributed by atoms with Crippen LogP contribution in [0.2, 0.25) is 0 Å². The van der Waals surface area contributed by atoms with E-state index in [-0.39, 0.29) is 5.78 Å². The highest BCUT2D eigenvalue weighted by atomic mass is 32.1. The number of aromatic nitrogens is 1. The number of pyridine rings is 1. The standard InChI is InChI=1S/C11H9NO2S/c1-14-10-5-4-8(7-12-10)11(13)9-3-2-6-15-9/h2-7H,1H3. The van der Waals surface area contributed by atoms with Crippen LogP contribution in [0.15, 0.2) is 35.8 Å². The van der Waals surface area contributed by atoms with E-state index in [0.29, 0.717) is 11.4 Å². The average molecular weight is 219 g/mol. The molecule has 4 heteroatoms. The Kier molecular flexibility index (Phi) is 2.78. The molecule has 0 unspecified atom stereocenters. The van der Waals surface area contributed by atoms with Gasteiger partial charge in [0, 0.05) is 17.8 Å². The molecule has 3 nitrogen and oxygen atoms in total. The smallest absolute Gasteiger partial charge is 0.212 e. The van der Waals surface area contributed by atoms with Gasteiger partial charge in [-0.25, -0.2) is 4.98 Å². The molecule has 0 saturated carbocycles. The number of rotatable bonds is 3. The number of ketones is 1. The Balaban J connectivity index is 2.27. The number of methoxy groups -OCH3 is 1. The van der Waals surface area contributed by atoms with E-state index in [1.165, 1.54) is 17.5 Å². The largest absolute Gasteiger partial charge is 0.481 e. The van der Waals surface area contributed by atoms with E-state index >= 15 is 0 Å². The van der Waals surface area contributed by atoms with Gasteiger partial charge in [-0.3, -0.25) is 4.79 Å². The zero-order valence-electron chi connectivity index (χ0n) is 8.14. The van der Waals surface area contributed by atoms with E-state index in [1.807, 2.05) is 11.4 Å². The second-order valence-corrected chi connectivity index (χ2v) is 3.84. The van der Waals surface area contributed by atoms with E-state index in [0.717, 1.165) is 4.88 Å². The molecule has 2 aromatic rings. The Labute approximate surface area is 91.4 Å². The second kappa shape index (κ2) is 4.23. The van der Waals surface area contributed by atoms with Crippen LogP contribution in [-0.4, -0.2) is 17.9 Å². The fraction of sp³-hybridized carbons (Fsp3) is 0.0909. The minimum atomic E-state index is 0.000142. The Bertz CT molecular complexity index is 448. The maximum atomic E-state index is 11.8. The van der Waals surface area contributed by atoms with Crippen LogP contribution in [0.3, 0.4) is 0 Å². The lowest BCUT2D eigenvalue weighted by Gasteiger charge is -1.99. The first-order valence-corrected chi connectivity index (χ1v) is 5.27. The molecule has 2 aromatic heterocycles. The van der Waals surface area contributed by atoms with Crippen LogP contribution in [0.5, 0.6) is 5.88 Å². The molecule has 0 bridgehead atoms. The van der Waals surface area contributed by atoms with E-state index in [2.05, 4.69) is 4.98 Å². The molecule has 2 heterocycles. The third-order valence-corrected chi connectivity index (χ3v) is 2.82. The Morgan fingerprint density at radius 2 is 2.27 bits per heavy atom. The molecule has 76 valence electrons. The number of hydrogen-bond acceptors (Lipinski definition) is 4. The molecule has 0 aliphatic carbocycles. The minimum Gasteiger partial charge on any atom is -0.481 e. The van der Waals surface area contributed by atoms with Gasteiger partial charge < -0.3 is 4.74 Å². The van der Waals surface area contributed by atoms with E-state index < -0.39 is 0 Å². The molecule has 0 saturated heterocycles. The van der Waals surface area contributed by atoms with Gasteiger partial charge >= 0.3 is 0 Å². The highest BCUT2D eigenvalue weighted by Gasteiger charge is 2.09. The van der Waals surface area contributed by atoms with Gasteiger partial charge in [-0.1, -0.05) is 6.07 Å². The summed E-state index contributed by atoms with van der Waals surface area (Å²) in [7, 11) is 1.54. The van der Waals surface area contributed by atoms with Crippen molar-refractivity contribution < 1.29 is 9.53 Å². The summed E-state index contributed by atoms with van der Waals surface area (Å²) in [6.07, 6.45) is 1.53. The average Bonchev–Trinajstić information content (AvgIpc) is 2.82. The van der Waals surface area contributed by atoms with Crippen LogP contribution >= 0.6 is 11.3 Å². The van der Waals surface area contributed by atoms with Gasteiger partial charge in [-0.15, -0.1) is 11.3 Å². The third-order valence-electron chi connectivity index (χ3n) is 1.95. The van der Waals surface area contributed by atoms with Crippen molar-refractivity contribution in [3.63, 3.8) is 0 Å². The lowest BCUT2D eigenvalue weighted by Crippen LogP contribution is -1.99. The van der Waals surface area contributed by atoms with Crippen LogP contribution in [0.25, 0.3) is 0 Å². The summed E-state index contributed by atoms with van der Waals surface area (Å²) in [6.45, 7) is 0. The molecule has 15 heavy (non-hydrogen) atoms. The Morgan fingerprint density at radius 3 is 2.80 bits per heavy atom. The van der Waals surface area contributed by atoms with Crippen LogP contribution in [0, 0.1) is 0 Å². The number of carbonyl (C=O) groups is 1. The fourth-order valence-electron chi connectivity index (χ4n) is 1.19. The van der Waals surface area contributed by atoms with Gasteiger partial charge in [0.1, 0.15) is 0 Å². The summed E-state index contributed by atoms with van der Waals surface area (Å²) in [5.74, 6) is 0.512. The van der Waals surface area contributed by atoms with Gasteiger partial charge in [0.15, 0.2) is 0 Å². The molecule has 0 aromatic carbocycles. The fourth-order valence-corrected chi connectivity index (χ4v) is 1.87. The van der Waals surface area contributed by atoms with E-state index in [9.17, 15) is 4.79 Å². The number of nitrogens with zero attached hydrogens (tertiary/aromatic N) is 1. The van der Waals surface area contributed by atoms with Crippen molar-refractivity contribution in [1.29, 1.82) is 0 Å². The molecule has 0 aliphatic rings. The van der Waals surface area contributed by atoms with Crippen LogP contribution in [-0.2, 0) is 0 Å². The van der Waals surface area contributed by atoms with Crippen molar-refractivity contribution in [2.45, 2.75) is 0 Å². The highest BCUT2D eigenvalue weighted by Crippen LogP contribution is 2.15. The summed E-state index contributed by atoms with van der Waals surface area (Å²) in [5, 5.41) is 1.88. The topological polar surface area (TPSA) is 39.2 Å². The number of ether oxygens (including phenoxy) is 1. The van der Waals surface area contributed by atoms with Gasteiger partial charge in [0.05, 0.1) is 12.0 Å². The zero-order chi connectivity index (χ0) is 10.7. The molecule has 0 spiro atoms. The van der Waals surface area contributed by atoms with Crippen molar-refractivity contribution in [2.75, 3.05) is 7.11 Å². The van der Waals surface area contributed by atoms with E-state index in [1.54, 1.807) is 25.3 Å². The van der Waals surface area contributed by atoms with Gasteiger partial charge in [0.2, 0.25) is 11.7 Å². The first kappa shape index (κ1) is 9.86. The molecule has 0 atom stereocenters. The molecule has 0 fully saturated rings. The normalized spacial score (nSPS) is 9.93. The van der Waals surface area contributed by atoms with Crippen LogP contribution in [0.4, 0.5) is 0 Å². The summed E-state index contributed by atoms with van der Waals surface area (Å²) >= 11 is 1.43. The predicted molar refractivity (Wildman–Crippen MR) is 58.5 cm³/mol. The second-order valence-electron chi connectivity index (χ2n) is 2.90. The first-order chi connectivity index (χ1) is 7.31. The lowest BCUT2D eigenvalue weighted by atomic mass is 10.1. The maximum Gasteiger partial charge on any atom is 0.212 e. The highest BCUT2D eigenvalue weighted by molar-refractivity contribution is 7.12. The summed E-state index contributed by atoms with van der Waals surface area (Å²) < 4.78 is 4.92. The summed E-state index contributed by atoms with van der Waals surface area (Å²) in [5.41, 5.74) is 0.582. The summed E-state index contributed by atoms with van der Waals surface area (Å²) in [6, 6.07) is 7.06. The number of carbonyl (C=O) groups excluding carboxylic acids is 1. The molecular formula is C11H9NO2S. The quantitative estimate of drug-likeness (QED) is 0.744. The number of hydrogen-bond donors (Lipinski definition) is 0. The Morgan fingerprint density at radius 1 is 1.40 bits per heavy atom. The van der Waals surface area contributed by atoms with Crippen molar-refractivity contribution in [2.24, 2.45) is 0 Å². The van der Waals surface area contributed by atoms with Crippen LogP contribution < -0.4 is 4.74 Å². The summed E-state index contributed by atoms with van der Waals surface area (Å²) in [4.78, 5) is 16.6. The van der Waals surface area contributed by atoms with Gasteiger partial charge in [-0.05, 0) is 17.5 Å². The first-order valence-electron chi connectivity index (χ1n) is 4.39. The monoisotopic (exact) mass is 219 g/mol. The molecule has 0 aliphatic heterocycles. The van der Waals surface area contributed by atoms with Gasteiger partial charge in [0.25, 0.3) is 0 Å². The van der Waals surface area contributed by atoms with E-state index in [4.69, 9.17) is 4.74 Å². The third kappa shape index (κ3) is 2.05. The predicted octanol–water partition coefficient (Wildman–Crippen LogP) is 2.38. The lowest BCUT2D eigenvalue weighted by molar-refractivity contribution is 0.104. The molecule has 0 radical (unpaired) electrons. The maximum absolute atomic E-state index is 11.8. The molecule has 0 amide bonds. The minimum absolute atomic E-state index is 0.000142. The SMILES string of the molecule is COc1ccc(C(=O)c2cccs2)cn1. The van der Waals surface area contributed by atoms with Crippen molar-refractivity contribution in [3.8, 4) is 5.88 Å². The van der Waals surface area contributed by atoms with Crippen molar-refractivity contribution in [1.82, 2.24) is 4.98 Å². The van der Waals surface area contributed by atoms with Crippen LogP contribution in [0.1, 0.15) is 15.2 Å².